The maximum absolute atomic E-state index is 12.1. The Bertz CT molecular complexity index is 753. The minimum atomic E-state index is -0.519. The van der Waals surface area contributed by atoms with Crippen molar-refractivity contribution in [2.75, 3.05) is 5.32 Å². The van der Waals surface area contributed by atoms with Gasteiger partial charge in [-0.25, -0.2) is 4.79 Å². The molecule has 0 saturated carbocycles. The molecule has 7 heteroatoms. The van der Waals surface area contributed by atoms with E-state index < -0.39 is 17.6 Å². The number of aromatic nitrogens is 2. The van der Waals surface area contributed by atoms with Gasteiger partial charge in [0, 0.05) is 31.3 Å². The number of carbonyl (C=O) groups excluding carboxylic acids is 2. The Morgan fingerprint density at radius 1 is 1.27 bits per heavy atom. The van der Waals surface area contributed by atoms with Gasteiger partial charge in [0.1, 0.15) is 12.4 Å². The minimum Gasteiger partial charge on any atom is -0.461 e. The number of rotatable bonds is 4. The fourth-order valence-corrected chi connectivity index (χ4v) is 1.76. The zero-order valence-electron chi connectivity index (χ0n) is 12.2. The molecule has 2 aromatic rings. The molecule has 0 spiro atoms. The van der Waals surface area contributed by atoms with E-state index in [2.05, 4.69) is 10.3 Å². The van der Waals surface area contributed by atoms with Crippen molar-refractivity contribution >= 4 is 17.7 Å². The molecule has 1 heterocycles. The molecule has 114 valence electrons. The number of hydrogen-bond donors (Lipinski definition) is 1. The van der Waals surface area contributed by atoms with E-state index in [1.54, 1.807) is 30.3 Å². The Hall–Kier alpha value is -2.96. The van der Waals surface area contributed by atoms with Crippen molar-refractivity contribution in [2.24, 2.45) is 7.05 Å². The lowest BCUT2D eigenvalue weighted by atomic mass is 10.2. The van der Waals surface area contributed by atoms with Gasteiger partial charge in [-0.15, -0.1) is 0 Å². The highest BCUT2D eigenvalue weighted by Gasteiger charge is 2.13. The molecule has 0 bridgehead atoms. The molecule has 0 unspecified atom stereocenters. The maximum atomic E-state index is 12.1. The van der Waals surface area contributed by atoms with Crippen LogP contribution in [0.2, 0.25) is 0 Å². The second-order valence-corrected chi connectivity index (χ2v) is 4.61. The highest BCUT2D eigenvalue weighted by Crippen LogP contribution is 2.13. The van der Waals surface area contributed by atoms with E-state index in [0.29, 0.717) is 11.1 Å². The van der Waals surface area contributed by atoms with E-state index in [1.165, 1.54) is 24.7 Å². The van der Waals surface area contributed by atoms with E-state index in [9.17, 15) is 14.4 Å². The molecule has 0 aliphatic rings. The summed E-state index contributed by atoms with van der Waals surface area (Å²) in [4.78, 5) is 38.5. The van der Waals surface area contributed by atoms with Crippen LogP contribution in [0.4, 0.5) is 5.82 Å². The summed E-state index contributed by atoms with van der Waals surface area (Å²) in [6.07, 6.45) is 1.47. The van der Waals surface area contributed by atoms with Crippen molar-refractivity contribution in [3.8, 4) is 0 Å². The number of esters is 1. The molecule has 7 nitrogen and oxygen atoms in total. The van der Waals surface area contributed by atoms with Gasteiger partial charge in [-0.1, -0.05) is 18.2 Å². The third kappa shape index (κ3) is 3.78. The van der Waals surface area contributed by atoms with Gasteiger partial charge in [0.2, 0.25) is 0 Å². The SMILES string of the molecule is CC(=O)OCc1cn(C)c(=O)nc1NC(=O)c1ccccc1. The number of benzene rings is 1. The summed E-state index contributed by atoms with van der Waals surface area (Å²) in [6.45, 7) is 1.19. The first kappa shape index (κ1) is 15.4. The van der Waals surface area contributed by atoms with Gasteiger partial charge in [0.25, 0.3) is 5.91 Å². The van der Waals surface area contributed by atoms with Crippen LogP contribution in [0.5, 0.6) is 0 Å². The van der Waals surface area contributed by atoms with Crippen molar-refractivity contribution in [1.29, 1.82) is 0 Å². The Labute approximate surface area is 126 Å². The van der Waals surface area contributed by atoms with E-state index in [0.717, 1.165) is 0 Å². The Kier molecular flexibility index (Phi) is 4.67. The molecule has 1 aromatic carbocycles. The predicted molar refractivity (Wildman–Crippen MR) is 79.3 cm³/mol. The molecular weight excluding hydrogens is 286 g/mol. The number of ether oxygens (including phenoxy) is 1. The van der Waals surface area contributed by atoms with Gasteiger partial charge < -0.3 is 14.6 Å². The summed E-state index contributed by atoms with van der Waals surface area (Å²) in [5.41, 5.74) is 0.347. The Morgan fingerprint density at radius 2 is 1.95 bits per heavy atom. The second-order valence-electron chi connectivity index (χ2n) is 4.61. The molecule has 22 heavy (non-hydrogen) atoms. The number of carbonyl (C=O) groups is 2. The largest absolute Gasteiger partial charge is 0.461 e. The van der Waals surface area contributed by atoms with Crippen molar-refractivity contribution in [1.82, 2.24) is 9.55 Å². The molecule has 0 atom stereocenters. The molecule has 0 saturated heterocycles. The topological polar surface area (TPSA) is 90.3 Å². The summed E-state index contributed by atoms with van der Waals surface area (Å²) < 4.78 is 6.15. The smallest absolute Gasteiger partial charge is 0.349 e. The van der Waals surface area contributed by atoms with Crippen LogP contribution in [0.3, 0.4) is 0 Å². The minimum absolute atomic E-state index is 0.0817. The van der Waals surface area contributed by atoms with Crippen molar-refractivity contribution < 1.29 is 14.3 Å². The normalized spacial score (nSPS) is 10.1. The number of nitrogens with one attached hydrogen (secondary N) is 1. The second kappa shape index (κ2) is 6.66. The summed E-state index contributed by atoms with van der Waals surface area (Å²) in [5.74, 6) is -0.780. The molecule has 0 aliphatic carbocycles. The number of amides is 1. The average molecular weight is 301 g/mol. The summed E-state index contributed by atoms with van der Waals surface area (Å²) in [6, 6.07) is 8.53. The quantitative estimate of drug-likeness (QED) is 0.854. The lowest BCUT2D eigenvalue weighted by molar-refractivity contribution is -0.142. The molecule has 1 aromatic heterocycles. The van der Waals surface area contributed by atoms with Gasteiger partial charge >= 0.3 is 11.7 Å². The van der Waals surface area contributed by atoms with Crippen LogP contribution in [0.25, 0.3) is 0 Å². The first-order valence-corrected chi connectivity index (χ1v) is 6.53. The fourth-order valence-electron chi connectivity index (χ4n) is 1.76. The van der Waals surface area contributed by atoms with Crippen LogP contribution in [0, 0.1) is 0 Å². The number of aryl methyl sites for hydroxylation is 1. The molecule has 0 radical (unpaired) electrons. The number of hydrogen-bond acceptors (Lipinski definition) is 5. The molecule has 2 rings (SSSR count). The van der Waals surface area contributed by atoms with Crippen LogP contribution in [-0.2, 0) is 23.2 Å². The monoisotopic (exact) mass is 301 g/mol. The van der Waals surface area contributed by atoms with E-state index in [4.69, 9.17) is 4.74 Å². The predicted octanol–water partition coefficient (Wildman–Crippen LogP) is 1.10. The molecule has 0 fully saturated rings. The first-order chi connectivity index (χ1) is 10.5. The standard InChI is InChI=1S/C15H15N3O4/c1-10(19)22-9-12-8-18(2)15(21)17-13(12)16-14(20)11-6-4-3-5-7-11/h3-8H,9H2,1-2H3,(H,16,17,20,21). The number of anilines is 1. The van der Waals surface area contributed by atoms with Crippen LogP contribution in [-0.4, -0.2) is 21.4 Å². The van der Waals surface area contributed by atoms with Gasteiger partial charge in [-0.05, 0) is 12.1 Å². The van der Waals surface area contributed by atoms with Gasteiger partial charge in [0.15, 0.2) is 0 Å². The summed E-state index contributed by atoms with van der Waals surface area (Å²) in [7, 11) is 1.52. The average Bonchev–Trinajstić information content (AvgIpc) is 2.50. The van der Waals surface area contributed by atoms with Crippen LogP contribution < -0.4 is 11.0 Å². The maximum Gasteiger partial charge on any atom is 0.349 e. The van der Waals surface area contributed by atoms with Gasteiger partial charge in [-0.3, -0.25) is 9.59 Å². The third-order valence-electron chi connectivity index (χ3n) is 2.86. The van der Waals surface area contributed by atoms with Crippen LogP contribution in [0.1, 0.15) is 22.8 Å². The lowest BCUT2D eigenvalue weighted by Crippen LogP contribution is -2.25. The first-order valence-electron chi connectivity index (χ1n) is 6.53. The van der Waals surface area contributed by atoms with Crippen molar-refractivity contribution in [3.05, 3.63) is 58.1 Å². The van der Waals surface area contributed by atoms with Gasteiger partial charge in [0.05, 0.1) is 0 Å². The van der Waals surface area contributed by atoms with E-state index in [-0.39, 0.29) is 12.4 Å². The summed E-state index contributed by atoms with van der Waals surface area (Å²) in [5, 5.41) is 2.56. The van der Waals surface area contributed by atoms with Crippen molar-refractivity contribution in [3.63, 3.8) is 0 Å². The van der Waals surface area contributed by atoms with Crippen LogP contribution in [0.15, 0.2) is 41.3 Å². The Morgan fingerprint density at radius 3 is 2.59 bits per heavy atom. The fraction of sp³-hybridized carbons (Fsp3) is 0.200. The van der Waals surface area contributed by atoms with E-state index >= 15 is 0 Å². The Balaban J connectivity index is 2.28. The molecule has 0 aliphatic heterocycles. The zero-order chi connectivity index (χ0) is 16.1. The highest BCUT2D eigenvalue weighted by atomic mass is 16.5. The summed E-state index contributed by atoms with van der Waals surface area (Å²) >= 11 is 0. The molecule has 1 N–H and O–H groups in total. The number of nitrogens with zero attached hydrogens (tertiary/aromatic N) is 2. The van der Waals surface area contributed by atoms with Gasteiger partial charge in [-0.2, -0.15) is 4.98 Å². The zero-order valence-corrected chi connectivity index (χ0v) is 12.2. The molecular formula is C15H15N3O4. The van der Waals surface area contributed by atoms with E-state index in [1.807, 2.05) is 0 Å². The highest BCUT2D eigenvalue weighted by molar-refractivity contribution is 6.04. The lowest BCUT2D eigenvalue weighted by Gasteiger charge is -2.11. The van der Waals surface area contributed by atoms with Crippen LogP contribution >= 0.6 is 0 Å². The third-order valence-corrected chi connectivity index (χ3v) is 2.86. The van der Waals surface area contributed by atoms with Crippen molar-refractivity contribution in [2.45, 2.75) is 13.5 Å². The molecule has 1 amide bonds.